The van der Waals surface area contributed by atoms with Crippen LogP contribution in [0.2, 0.25) is 0 Å². The van der Waals surface area contributed by atoms with E-state index in [4.69, 9.17) is 0 Å². The van der Waals surface area contributed by atoms with Crippen LogP contribution >= 0.6 is 0 Å². The molecule has 1 aliphatic carbocycles. The molecule has 0 aliphatic heterocycles. The second-order valence-electron chi connectivity index (χ2n) is 2.15. The molecule has 53 valence electrons. The Bertz CT molecular complexity index is 140. The van der Waals surface area contributed by atoms with Gasteiger partial charge in [-0.05, 0) is 0 Å². The zero-order chi connectivity index (χ0) is 7.07. The molecule has 0 spiro atoms. The summed E-state index contributed by atoms with van der Waals surface area (Å²) in [6.07, 6.45) is -0.994. The van der Waals surface area contributed by atoms with Gasteiger partial charge in [-0.15, -0.1) is 4.55 Å². The lowest BCUT2D eigenvalue weighted by Crippen LogP contribution is -2.41. The van der Waals surface area contributed by atoms with Gasteiger partial charge in [-0.3, -0.25) is 0 Å². The second kappa shape index (κ2) is 1.98. The Morgan fingerprint density at radius 3 is 2.00 bits per heavy atom. The first kappa shape index (κ1) is 7.08. The number of halogens is 2. The van der Waals surface area contributed by atoms with Crippen molar-refractivity contribution in [3.63, 3.8) is 0 Å². The Kier molecular flexibility index (Phi) is 1.56. The van der Waals surface area contributed by atoms with Gasteiger partial charge in [0.05, 0.1) is 5.25 Å². The fourth-order valence-electron chi connectivity index (χ4n) is 0.742. The molecular formula is C4H5F2O2S. The Labute approximate surface area is 53.5 Å². The predicted molar refractivity (Wildman–Crippen MR) is 26.8 cm³/mol. The van der Waals surface area contributed by atoms with Crippen LogP contribution in [0.4, 0.5) is 8.78 Å². The van der Waals surface area contributed by atoms with Crippen LogP contribution in [0, 0.1) is 0 Å². The molecule has 1 unspecified atom stereocenters. The summed E-state index contributed by atoms with van der Waals surface area (Å²) in [5.41, 5.74) is 0. The minimum absolute atomic E-state index is 0.497. The van der Waals surface area contributed by atoms with Gasteiger partial charge in [-0.25, -0.2) is 13.0 Å². The number of alkyl halides is 2. The summed E-state index contributed by atoms with van der Waals surface area (Å²) < 4.78 is 43.6. The van der Waals surface area contributed by atoms with E-state index >= 15 is 0 Å². The van der Waals surface area contributed by atoms with Crippen LogP contribution < -0.4 is 0 Å². The molecule has 1 radical (unpaired) electrons. The zero-order valence-electron chi connectivity index (χ0n) is 4.47. The van der Waals surface area contributed by atoms with E-state index in [0.29, 0.717) is 0 Å². The van der Waals surface area contributed by atoms with Gasteiger partial charge >= 0.3 is 0 Å². The SMILES string of the molecule is [O]S(=O)C1CC(F)(F)C1. The smallest absolute Gasteiger partial charge is 0.227 e. The van der Waals surface area contributed by atoms with Crippen molar-refractivity contribution in [3.8, 4) is 0 Å². The molecule has 0 aromatic carbocycles. The third-order valence-corrected chi connectivity index (χ3v) is 2.20. The van der Waals surface area contributed by atoms with Gasteiger partial charge in [0.1, 0.15) is 0 Å². The van der Waals surface area contributed by atoms with Crippen LogP contribution in [0.15, 0.2) is 0 Å². The Morgan fingerprint density at radius 1 is 1.44 bits per heavy atom. The minimum Gasteiger partial charge on any atom is -0.227 e. The van der Waals surface area contributed by atoms with E-state index in [1.807, 2.05) is 0 Å². The van der Waals surface area contributed by atoms with E-state index in [9.17, 15) is 17.5 Å². The third kappa shape index (κ3) is 1.46. The minimum atomic E-state index is -2.72. The molecular weight excluding hydrogens is 150 g/mol. The summed E-state index contributed by atoms with van der Waals surface area (Å²) >= 11 is -2.30. The normalized spacial score (nSPS) is 29.2. The van der Waals surface area contributed by atoms with Gasteiger partial charge in [-0.1, -0.05) is 0 Å². The van der Waals surface area contributed by atoms with Gasteiger partial charge in [0.2, 0.25) is 0 Å². The summed E-state index contributed by atoms with van der Waals surface area (Å²) in [6.45, 7) is 0. The highest BCUT2D eigenvalue weighted by atomic mass is 32.2. The highest BCUT2D eigenvalue weighted by Gasteiger charge is 2.48. The van der Waals surface area contributed by atoms with Crippen molar-refractivity contribution in [2.75, 3.05) is 0 Å². The summed E-state index contributed by atoms with van der Waals surface area (Å²) in [5, 5.41) is -0.806. The average molecular weight is 155 g/mol. The maximum absolute atomic E-state index is 11.9. The highest BCUT2D eigenvalue weighted by molar-refractivity contribution is 7.79. The molecule has 0 N–H and O–H groups in total. The zero-order valence-corrected chi connectivity index (χ0v) is 5.29. The van der Waals surface area contributed by atoms with E-state index < -0.39 is 35.1 Å². The highest BCUT2D eigenvalue weighted by Crippen LogP contribution is 2.39. The molecule has 5 heteroatoms. The average Bonchev–Trinajstić information content (AvgIpc) is 1.59. The molecule has 1 atom stereocenters. The number of hydrogen-bond acceptors (Lipinski definition) is 1. The van der Waals surface area contributed by atoms with E-state index in [2.05, 4.69) is 0 Å². The van der Waals surface area contributed by atoms with Crippen molar-refractivity contribution in [2.24, 2.45) is 0 Å². The van der Waals surface area contributed by atoms with Crippen LogP contribution in [0.1, 0.15) is 12.8 Å². The van der Waals surface area contributed by atoms with Crippen molar-refractivity contribution in [1.29, 1.82) is 0 Å². The summed E-state index contributed by atoms with van der Waals surface area (Å²) in [5.74, 6) is -2.72. The van der Waals surface area contributed by atoms with Crippen molar-refractivity contribution in [1.82, 2.24) is 0 Å². The Balaban J connectivity index is 2.35. The van der Waals surface area contributed by atoms with Gasteiger partial charge in [0.15, 0.2) is 11.1 Å². The van der Waals surface area contributed by atoms with Crippen molar-refractivity contribution >= 4 is 11.1 Å². The monoisotopic (exact) mass is 155 g/mol. The molecule has 1 aliphatic rings. The fourth-order valence-corrected chi connectivity index (χ4v) is 1.50. The summed E-state index contributed by atoms with van der Waals surface area (Å²) in [7, 11) is 0. The lowest BCUT2D eigenvalue weighted by molar-refractivity contribution is -0.0691. The van der Waals surface area contributed by atoms with Crippen molar-refractivity contribution in [3.05, 3.63) is 0 Å². The molecule has 0 bridgehead atoms. The topological polar surface area (TPSA) is 37.0 Å². The lowest BCUT2D eigenvalue weighted by Gasteiger charge is -2.31. The molecule has 1 fully saturated rings. The van der Waals surface area contributed by atoms with Crippen LogP contribution in [0.3, 0.4) is 0 Å². The molecule has 0 heterocycles. The van der Waals surface area contributed by atoms with Crippen LogP contribution in [0.25, 0.3) is 0 Å². The largest absolute Gasteiger partial charge is 0.250 e. The first-order valence-corrected chi connectivity index (χ1v) is 3.61. The molecule has 0 amide bonds. The van der Waals surface area contributed by atoms with E-state index in [1.165, 1.54) is 0 Å². The van der Waals surface area contributed by atoms with Crippen LogP contribution in [-0.4, -0.2) is 15.4 Å². The second-order valence-corrected chi connectivity index (χ2v) is 3.33. The van der Waals surface area contributed by atoms with Crippen molar-refractivity contribution < 1.29 is 17.5 Å². The van der Waals surface area contributed by atoms with E-state index in [0.717, 1.165) is 0 Å². The van der Waals surface area contributed by atoms with Crippen molar-refractivity contribution in [2.45, 2.75) is 24.0 Å². The number of hydrogen-bond donors (Lipinski definition) is 0. The molecule has 0 aromatic rings. The summed E-state index contributed by atoms with van der Waals surface area (Å²) in [4.78, 5) is 0. The van der Waals surface area contributed by atoms with Gasteiger partial charge < -0.3 is 0 Å². The van der Waals surface area contributed by atoms with Crippen LogP contribution in [0.5, 0.6) is 0 Å². The molecule has 0 aromatic heterocycles. The molecule has 0 saturated heterocycles. The van der Waals surface area contributed by atoms with Gasteiger partial charge in [0.25, 0.3) is 5.92 Å². The predicted octanol–water partition coefficient (Wildman–Crippen LogP) is 0.878. The molecule has 1 rings (SSSR count). The van der Waals surface area contributed by atoms with Gasteiger partial charge in [-0.2, -0.15) is 0 Å². The van der Waals surface area contributed by atoms with Gasteiger partial charge in [0, 0.05) is 12.8 Å². The quantitative estimate of drug-likeness (QED) is 0.553. The molecule has 1 saturated carbocycles. The van der Waals surface area contributed by atoms with Crippen LogP contribution in [-0.2, 0) is 15.6 Å². The molecule has 9 heavy (non-hydrogen) atoms. The maximum atomic E-state index is 11.9. The lowest BCUT2D eigenvalue weighted by atomic mass is 9.94. The Morgan fingerprint density at radius 2 is 1.89 bits per heavy atom. The molecule has 2 nitrogen and oxygen atoms in total. The third-order valence-electron chi connectivity index (χ3n) is 1.32. The Hall–Kier alpha value is -0.0300. The first-order valence-electron chi connectivity index (χ1n) is 2.47. The fraction of sp³-hybridized carbons (Fsp3) is 1.00. The first-order chi connectivity index (χ1) is 4.01. The number of rotatable bonds is 1. The summed E-state index contributed by atoms with van der Waals surface area (Å²) in [6, 6.07) is 0. The van der Waals surface area contributed by atoms with E-state index in [1.54, 1.807) is 0 Å². The van der Waals surface area contributed by atoms with E-state index in [-0.39, 0.29) is 0 Å². The standard InChI is InChI=1S/C4H5F2O2S/c5-4(6)1-3(2-4)9(7)8/h3H,1-2H2. The maximum Gasteiger partial charge on any atom is 0.250 e.